The predicted octanol–water partition coefficient (Wildman–Crippen LogP) is 2.38. The van der Waals surface area contributed by atoms with Crippen LogP contribution in [0.2, 0.25) is 0 Å². The number of nitrogens with zero attached hydrogens (tertiary/aromatic N) is 1. The molecule has 1 aliphatic rings. The van der Waals surface area contributed by atoms with Crippen molar-refractivity contribution in [2.45, 2.75) is 31.9 Å². The van der Waals surface area contributed by atoms with E-state index in [0.717, 1.165) is 25.5 Å². The Bertz CT molecular complexity index is 422. The lowest BCUT2D eigenvalue weighted by Crippen LogP contribution is -2.31. The van der Waals surface area contributed by atoms with Gasteiger partial charge in [-0.2, -0.15) is 0 Å². The molecule has 1 aromatic heterocycles. The number of pyridine rings is 1. The zero-order chi connectivity index (χ0) is 13.1. The normalized spacial score (nSPS) is 20.8. The lowest BCUT2D eigenvalue weighted by molar-refractivity contribution is 0.0995. The predicted molar refractivity (Wildman–Crippen MR) is 65.8 cm³/mol. The summed E-state index contributed by atoms with van der Waals surface area (Å²) in [6.45, 7) is 2.64. The van der Waals surface area contributed by atoms with Crippen molar-refractivity contribution < 1.29 is 13.5 Å². The van der Waals surface area contributed by atoms with Crippen LogP contribution in [0.3, 0.4) is 0 Å². The second kappa shape index (κ2) is 5.48. The standard InChI is InChI=1S/C12H17F2N3O/c1-7(10-4-3-5-18-10)16-12-9(14)6-8(13)11(15-2)17-12/h6-7,10H,3-5H2,1-2H3,(H2,15,16,17). The van der Waals surface area contributed by atoms with Crippen molar-refractivity contribution in [1.29, 1.82) is 0 Å². The van der Waals surface area contributed by atoms with E-state index in [1.54, 1.807) is 0 Å². The second-order valence-electron chi connectivity index (χ2n) is 4.38. The molecule has 0 aliphatic carbocycles. The Labute approximate surface area is 105 Å². The first-order chi connectivity index (χ1) is 8.61. The summed E-state index contributed by atoms with van der Waals surface area (Å²) in [6, 6.07) is 0.758. The van der Waals surface area contributed by atoms with E-state index in [4.69, 9.17) is 4.74 Å². The Hall–Kier alpha value is -1.43. The molecule has 4 nitrogen and oxygen atoms in total. The topological polar surface area (TPSA) is 46.2 Å². The first-order valence-corrected chi connectivity index (χ1v) is 6.03. The average molecular weight is 257 g/mol. The molecule has 6 heteroatoms. The van der Waals surface area contributed by atoms with E-state index in [1.165, 1.54) is 7.05 Å². The highest BCUT2D eigenvalue weighted by Gasteiger charge is 2.23. The fourth-order valence-electron chi connectivity index (χ4n) is 2.05. The molecule has 0 aromatic carbocycles. The third-order valence-corrected chi connectivity index (χ3v) is 3.05. The average Bonchev–Trinajstić information content (AvgIpc) is 2.86. The Balaban J connectivity index is 2.12. The van der Waals surface area contributed by atoms with Gasteiger partial charge in [-0.3, -0.25) is 0 Å². The Morgan fingerprint density at radius 3 is 2.72 bits per heavy atom. The third-order valence-electron chi connectivity index (χ3n) is 3.05. The van der Waals surface area contributed by atoms with Crippen LogP contribution >= 0.6 is 0 Å². The highest BCUT2D eigenvalue weighted by Crippen LogP contribution is 2.22. The van der Waals surface area contributed by atoms with E-state index in [9.17, 15) is 8.78 Å². The maximum atomic E-state index is 13.6. The van der Waals surface area contributed by atoms with Crippen molar-refractivity contribution in [3.8, 4) is 0 Å². The first-order valence-electron chi connectivity index (χ1n) is 6.03. The number of halogens is 2. The maximum Gasteiger partial charge on any atom is 0.168 e. The van der Waals surface area contributed by atoms with Gasteiger partial charge in [0.1, 0.15) is 0 Å². The third kappa shape index (κ3) is 2.69. The van der Waals surface area contributed by atoms with E-state index in [1.807, 2.05) is 6.92 Å². The van der Waals surface area contributed by atoms with Crippen molar-refractivity contribution in [2.75, 3.05) is 24.3 Å². The van der Waals surface area contributed by atoms with Crippen LogP contribution in [-0.4, -0.2) is 30.8 Å². The zero-order valence-corrected chi connectivity index (χ0v) is 10.5. The number of hydrogen-bond donors (Lipinski definition) is 2. The van der Waals surface area contributed by atoms with Crippen molar-refractivity contribution in [2.24, 2.45) is 0 Å². The molecule has 100 valence electrons. The molecule has 2 atom stereocenters. The number of ether oxygens (including phenoxy) is 1. The first kappa shape index (κ1) is 13.0. The van der Waals surface area contributed by atoms with Crippen LogP contribution in [0.1, 0.15) is 19.8 Å². The molecule has 2 N–H and O–H groups in total. The second-order valence-corrected chi connectivity index (χ2v) is 4.38. The Morgan fingerprint density at radius 2 is 2.11 bits per heavy atom. The van der Waals surface area contributed by atoms with Gasteiger partial charge >= 0.3 is 0 Å². The van der Waals surface area contributed by atoms with Gasteiger partial charge in [0.15, 0.2) is 23.3 Å². The number of aromatic nitrogens is 1. The van der Waals surface area contributed by atoms with Gasteiger partial charge in [-0.15, -0.1) is 0 Å². The molecule has 1 aromatic rings. The Kier molecular flexibility index (Phi) is 3.96. The summed E-state index contributed by atoms with van der Waals surface area (Å²) in [4.78, 5) is 3.87. The molecule has 1 saturated heterocycles. The zero-order valence-electron chi connectivity index (χ0n) is 10.5. The molecular weight excluding hydrogens is 240 g/mol. The molecule has 1 aliphatic heterocycles. The van der Waals surface area contributed by atoms with Crippen LogP contribution in [0, 0.1) is 11.6 Å². The van der Waals surface area contributed by atoms with Crippen LogP contribution in [0.5, 0.6) is 0 Å². The van der Waals surface area contributed by atoms with Gasteiger partial charge in [0.25, 0.3) is 0 Å². The van der Waals surface area contributed by atoms with Crippen molar-refractivity contribution in [3.05, 3.63) is 17.7 Å². The number of anilines is 2. The van der Waals surface area contributed by atoms with Gasteiger partial charge in [-0.05, 0) is 19.8 Å². The highest BCUT2D eigenvalue weighted by atomic mass is 19.1. The minimum Gasteiger partial charge on any atom is -0.376 e. The largest absolute Gasteiger partial charge is 0.376 e. The molecule has 0 amide bonds. The number of rotatable bonds is 4. The fraction of sp³-hybridized carbons (Fsp3) is 0.583. The molecular formula is C12H17F2N3O. The lowest BCUT2D eigenvalue weighted by atomic mass is 10.1. The van der Waals surface area contributed by atoms with Crippen molar-refractivity contribution >= 4 is 11.6 Å². The maximum absolute atomic E-state index is 13.6. The minimum absolute atomic E-state index is 0.0263. The molecule has 2 rings (SSSR count). The van der Waals surface area contributed by atoms with Gasteiger partial charge in [-0.1, -0.05) is 0 Å². The summed E-state index contributed by atoms with van der Waals surface area (Å²) in [5, 5.41) is 5.52. The van der Waals surface area contributed by atoms with Crippen LogP contribution in [0.4, 0.5) is 20.4 Å². The van der Waals surface area contributed by atoms with Crippen molar-refractivity contribution in [3.63, 3.8) is 0 Å². The van der Waals surface area contributed by atoms with Crippen molar-refractivity contribution in [1.82, 2.24) is 4.98 Å². The lowest BCUT2D eigenvalue weighted by Gasteiger charge is -2.21. The number of hydrogen-bond acceptors (Lipinski definition) is 4. The van der Waals surface area contributed by atoms with E-state index in [0.29, 0.717) is 0 Å². The van der Waals surface area contributed by atoms with Crippen LogP contribution in [0.15, 0.2) is 6.07 Å². The SMILES string of the molecule is CNc1nc(NC(C)C2CCCO2)c(F)cc1F. The van der Waals surface area contributed by atoms with E-state index in [-0.39, 0.29) is 23.8 Å². The fourth-order valence-corrected chi connectivity index (χ4v) is 2.05. The van der Waals surface area contributed by atoms with Gasteiger partial charge in [0, 0.05) is 19.7 Å². The van der Waals surface area contributed by atoms with E-state index in [2.05, 4.69) is 15.6 Å². The van der Waals surface area contributed by atoms with Crippen LogP contribution in [-0.2, 0) is 4.74 Å². The molecule has 0 saturated carbocycles. The van der Waals surface area contributed by atoms with Crippen LogP contribution in [0.25, 0.3) is 0 Å². The smallest absolute Gasteiger partial charge is 0.168 e. The van der Waals surface area contributed by atoms with Gasteiger partial charge in [-0.25, -0.2) is 13.8 Å². The summed E-state index contributed by atoms with van der Waals surface area (Å²) in [6.07, 6.45) is 2.00. The van der Waals surface area contributed by atoms with Gasteiger partial charge < -0.3 is 15.4 Å². The monoisotopic (exact) mass is 257 g/mol. The quantitative estimate of drug-likeness (QED) is 0.869. The molecule has 0 radical (unpaired) electrons. The molecule has 2 heterocycles. The highest BCUT2D eigenvalue weighted by molar-refractivity contribution is 5.47. The summed E-state index contributed by atoms with van der Waals surface area (Å²) >= 11 is 0. The molecule has 18 heavy (non-hydrogen) atoms. The molecule has 0 spiro atoms. The molecule has 0 bridgehead atoms. The molecule has 1 fully saturated rings. The minimum atomic E-state index is -0.703. The number of nitrogens with one attached hydrogen (secondary N) is 2. The summed E-state index contributed by atoms with van der Waals surface area (Å²) in [7, 11) is 1.54. The summed E-state index contributed by atoms with van der Waals surface area (Å²) in [5.74, 6) is -1.33. The van der Waals surface area contributed by atoms with Gasteiger partial charge in [0.2, 0.25) is 0 Å². The van der Waals surface area contributed by atoms with Gasteiger partial charge in [0.05, 0.1) is 12.1 Å². The van der Waals surface area contributed by atoms with E-state index < -0.39 is 11.6 Å². The van der Waals surface area contributed by atoms with E-state index >= 15 is 0 Å². The molecule has 2 unspecified atom stereocenters. The summed E-state index contributed by atoms with van der Waals surface area (Å²) < 4.78 is 32.3. The van der Waals surface area contributed by atoms with Crippen LogP contribution < -0.4 is 10.6 Å². The Morgan fingerprint density at radius 1 is 1.39 bits per heavy atom. The summed E-state index contributed by atoms with van der Waals surface area (Å²) in [5.41, 5.74) is 0.